The summed E-state index contributed by atoms with van der Waals surface area (Å²) in [4.78, 5) is 0. The molecular formula is C19H20O. The lowest BCUT2D eigenvalue weighted by Gasteiger charge is -2.34. The Bertz CT molecular complexity index is 651. The first-order valence-electron chi connectivity index (χ1n) is 7.71. The standard InChI is InChI=1S/C19H20O/c20-19(11-4-1-5-12-19)18-10-6-9-16-15-8-3-2-7-14(15)13-17(16)18/h2-3,6-10,20H,1,4-5,11-13H2. The fourth-order valence-electron chi connectivity index (χ4n) is 4.00. The van der Waals surface area contributed by atoms with Crippen LogP contribution >= 0.6 is 0 Å². The number of hydrogen-bond acceptors (Lipinski definition) is 1. The topological polar surface area (TPSA) is 20.2 Å². The van der Waals surface area contributed by atoms with Gasteiger partial charge in [-0.2, -0.15) is 0 Å². The van der Waals surface area contributed by atoms with Crippen LogP contribution in [-0.4, -0.2) is 5.11 Å². The Labute approximate surface area is 120 Å². The Hall–Kier alpha value is -1.60. The first kappa shape index (κ1) is 12.2. The summed E-state index contributed by atoms with van der Waals surface area (Å²) >= 11 is 0. The normalized spacial score (nSPS) is 19.4. The molecule has 0 aliphatic heterocycles. The number of aliphatic hydroxyl groups is 1. The van der Waals surface area contributed by atoms with Gasteiger partial charge in [0, 0.05) is 0 Å². The van der Waals surface area contributed by atoms with E-state index in [2.05, 4.69) is 42.5 Å². The molecule has 0 amide bonds. The van der Waals surface area contributed by atoms with Gasteiger partial charge in [-0.05, 0) is 47.1 Å². The minimum atomic E-state index is -0.592. The van der Waals surface area contributed by atoms with Crippen LogP contribution in [0.25, 0.3) is 11.1 Å². The van der Waals surface area contributed by atoms with Crippen molar-refractivity contribution in [1.82, 2.24) is 0 Å². The van der Waals surface area contributed by atoms with Crippen molar-refractivity contribution < 1.29 is 5.11 Å². The van der Waals surface area contributed by atoms with Gasteiger partial charge in [-0.3, -0.25) is 0 Å². The molecule has 0 saturated heterocycles. The van der Waals surface area contributed by atoms with Crippen molar-refractivity contribution in [2.45, 2.75) is 44.1 Å². The molecule has 0 bridgehead atoms. The highest BCUT2D eigenvalue weighted by Gasteiger charge is 2.35. The Morgan fingerprint density at radius 3 is 2.40 bits per heavy atom. The predicted octanol–water partition coefficient (Wildman–Crippen LogP) is 4.41. The van der Waals surface area contributed by atoms with Crippen molar-refractivity contribution in [2.75, 3.05) is 0 Å². The summed E-state index contributed by atoms with van der Waals surface area (Å²) in [6, 6.07) is 15.1. The summed E-state index contributed by atoms with van der Waals surface area (Å²) in [5, 5.41) is 11.1. The Morgan fingerprint density at radius 2 is 1.55 bits per heavy atom. The first-order chi connectivity index (χ1) is 9.78. The molecule has 0 spiro atoms. The summed E-state index contributed by atoms with van der Waals surface area (Å²) < 4.78 is 0. The third-order valence-electron chi connectivity index (χ3n) is 5.03. The highest BCUT2D eigenvalue weighted by molar-refractivity contribution is 5.78. The molecule has 1 saturated carbocycles. The van der Waals surface area contributed by atoms with Crippen LogP contribution in [0.3, 0.4) is 0 Å². The zero-order chi connectivity index (χ0) is 13.6. The Balaban J connectivity index is 1.85. The van der Waals surface area contributed by atoms with Gasteiger partial charge in [-0.1, -0.05) is 61.7 Å². The van der Waals surface area contributed by atoms with E-state index in [9.17, 15) is 5.11 Å². The monoisotopic (exact) mass is 264 g/mol. The number of fused-ring (bicyclic) bond motifs is 3. The molecule has 0 atom stereocenters. The summed E-state index contributed by atoms with van der Waals surface area (Å²) in [6.45, 7) is 0. The van der Waals surface area contributed by atoms with Crippen molar-refractivity contribution in [1.29, 1.82) is 0 Å². The van der Waals surface area contributed by atoms with Crippen LogP contribution in [0.1, 0.15) is 48.8 Å². The molecule has 1 nitrogen and oxygen atoms in total. The summed E-state index contributed by atoms with van der Waals surface area (Å²) in [5.41, 5.74) is 6.03. The zero-order valence-corrected chi connectivity index (χ0v) is 11.7. The van der Waals surface area contributed by atoms with E-state index >= 15 is 0 Å². The molecule has 2 aromatic rings. The highest BCUT2D eigenvalue weighted by atomic mass is 16.3. The first-order valence-corrected chi connectivity index (χ1v) is 7.71. The van der Waals surface area contributed by atoms with Crippen LogP contribution in [0.15, 0.2) is 42.5 Å². The number of rotatable bonds is 1. The van der Waals surface area contributed by atoms with Gasteiger partial charge in [0.1, 0.15) is 0 Å². The van der Waals surface area contributed by atoms with Gasteiger partial charge in [0.25, 0.3) is 0 Å². The molecule has 2 aliphatic rings. The van der Waals surface area contributed by atoms with Gasteiger partial charge in [0.2, 0.25) is 0 Å². The minimum absolute atomic E-state index is 0.592. The smallest absolute Gasteiger partial charge is 0.0899 e. The molecule has 0 heterocycles. The fraction of sp³-hybridized carbons (Fsp3) is 0.368. The maximum absolute atomic E-state index is 11.1. The molecule has 1 heteroatoms. The van der Waals surface area contributed by atoms with Crippen molar-refractivity contribution in [3.63, 3.8) is 0 Å². The van der Waals surface area contributed by atoms with Crippen molar-refractivity contribution >= 4 is 0 Å². The van der Waals surface area contributed by atoms with E-state index in [0.29, 0.717) is 0 Å². The van der Waals surface area contributed by atoms with Crippen molar-refractivity contribution in [3.8, 4) is 11.1 Å². The zero-order valence-electron chi connectivity index (χ0n) is 11.7. The van der Waals surface area contributed by atoms with E-state index in [-0.39, 0.29) is 0 Å². The second-order valence-corrected chi connectivity index (χ2v) is 6.26. The lowest BCUT2D eigenvalue weighted by molar-refractivity contribution is -0.00123. The molecule has 2 aliphatic carbocycles. The summed E-state index contributed by atoms with van der Waals surface area (Å²) in [7, 11) is 0. The van der Waals surface area contributed by atoms with Gasteiger partial charge in [-0.25, -0.2) is 0 Å². The Morgan fingerprint density at radius 1 is 0.800 bits per heavy atom. The fourth-order valence-corrected chi connectivity index (χ4v) is 4.00. The summed E-state index contributed by atoms with van der Waals surface area (Å²) in [5.74, 6) is 0. The third-order valence-corrected chi connectivity index (χ3v) is 5.03. The van der Waals surface area contributed by atoms with Gasteiger partial charge < -0.3 is 5.11 Å². The van der Waals surface area contributed by atoms with Crippen molar-refractivity contribution in [2.24, 2.45) is 0 Å². The molecular weight excluding hydrogens is 244 g/mol. The largest absolute Gasteiger partial charge is 0.385 e. The van der Waals surface area contributed by atoms with Crippen LogP contribution in [0.4, 0.5) is 0 Å². The molecule has 1 fully saturated rings. The predicted molar refractivity (Wildman–Crippen MR) is 81.7 cm³/mol. The lowest BCUT2D eigenvalue weighted by atomic mass is 9.77. The van der Waals surface area contributed by atoms with Crippen LogP contribution < -0.4 is 0 Å². The molecule has 102 valence electrons. The maximum Gasteiger partial charge on any atom is 0.0899 e. The SMILES string of the molecule is OC1(c2cccc3c2Cc2ccccc2-3)CCCCC1. The summed E-state index contributed by atoms with van der Waals surface area (Å²) in [6.07, 6.45) is 6.36. The van der Waals surface area contributed by atoms with Gasteiger partial charge in [0.15, 0.2) is 0 Å². The van der Waals surface area contributed by atoms with E-state index < -0.39 is 5.60 Å². The second-order valence-electron chi connectivity index (χ2n) is 6.26. The second kappa shape index (κ2) is 4.46. The van der Waals surface area contributed by atoms with E-state index in [1.54, 1.807) is 0 Å². The van der Waals surface area contributed by atoms with E-state index in [0.717, 1.165) is 32.1 Å². The van der Waals surface area contributed by atoms with Crippen LogP contribution in [0, 0.1) is 0 Å². The highest BCUT2D eigenvalue weighted by Crippen LogP contribution is 2.45. The molecule has 0 unspecified atom stereocenters. The quantitative estimate of drug-likeness (QED) is 0.690. The van der Waals surface area contributed by atoms with Gasteiger partial charge in [0.05, 0.1) is 5.60 Å². The molecule has 2 aromatic carbocycles. The third kappa shape index (κ3) is 1.73. The molecule has 0 aromatic heterocycles. The average molecular weight is 264 g/mol. The van der Waals surface area contributed by atoms with Crippen LogP contribution in [0.5, 0.6) is 0 Å². The van der Waals surface area contributed by atoms with Crippen molar-refractivity contribution in [3.05, 3.63) is 59.2 Å². The molecule has 0 radical (unpaired) electrons. The van der Waals surface area contributed by atoms with E-state index in [1.165, 1.54) is 34.2 Å². The van der Waals surface area contributed by atoms with Crippen LogP contribution in [0.2, 0.25) is 0 Å². The Kier molecular flexibility index (Phi) is 2.71. The van der Waals surface area contributed by atoms with Gasteiger partial charge in [-0.15, -0.1) is 0 Å². The minimum Gasteiger partial charge on any atom is -0.385 e. The van der Waals surface area contributed by atoms with E-state index in [4.69, 9.17) is 0 Å². The van der Waals surface area contributed by atoms with Gasteiger partial charge >= 0.3 is 0 Å². The van der Waals surface area contributed by atoms with Crippen LogP contribution in [-0.2, 0) is 12.0 Å². The molecule has 1 N–H and O–H groups in total. The average Bonchev–Trinajstić information content (AvgIpc) is 2.86. The maximum atomic E-state index is 11.1. The molecule has 20 heavy (non-hydrogen) atoms. The number of hydrogen-bond donors (Lipinski definition) is 1. The van der Waals surface area contributed by atoms with E-state index in [1.807, 2.05) is 0 Å². The lowest BCUT2D eigenvalue weighted by Crippen LogP contribution is -2.29. The molecule has 4 rings (SSSR count). The number of benzene rings is 2.